The van der Waals surface area contributed by atoms with Crippen LogP contribution in [0.25, 0.3) is 0 Å². The van der Waals surface area contributed by atoms with Gasteiger partial charge in [-0.05, 0) is 17.5 Å². The first kappa shape index (κ1) is 13.6. The van der Waals surface area contributed by atoms with Crippen LogP contribution in [0.4, 0.5) is 14.5 Å². The predicted octanol–water partition coefficient (Wildman–Crippen LogP) is 3.26. The number of aldehydes is 1. The number of rotatable bonds is 3. The van der Waals surface area contributed by atoms with E-state index in [1.807, 2.05) is 20.8 Å². The summed E-state index contributed by atoms with van der Waals surface area (Å²) in [7, 11) is 1.63. The van der Waals surface area contributed by atoms with Gasteiger partial charge in [0.05, 0.1) is 0 Å². The zero-order valence-electron chi connectivity index (χ0n) is 10.6. The standard InChI is InChI=1S/C13H17F2NO/c1-13(2,3)8-16(4)12-10(14)5-9(7-17)6-11(12)15/h5-7H,8H2,1-4H3. The first-order valence-corrected chi connectivity index (χ1v) is 5.40. The number of carbonyl (C=O) groups excluding carboxylic acids is 1. The monoisotopic (exact) mass is 241 g/mol. The minimum Gasteiger partial charge on any atom is -0.369 e. The van der Waals surface area contributed by atoms with Crippen molar-refractivity contribution >= 4 is 12.0 Å². The largest absolute Gasteiger partial charge is 0.369 e. The predicted molar refractivity (Wildman–Crippen MR) is 64.5 cm³/mol. The highest BCUT2D eigenvalue weighted by Gasteiger charge is 2.20. The second kappa shape index (κ2) is 4.82. The maximum atomic E-state index is 13.7. The molecule has 2 nitrogen and oxygen atoms in total. The van der Waals surface area contributed by atoms with Crippen molar-refractivity contribution in [3.63, 3.8) is 0 Å². The third-order valence-corrected chi connectivity index (χ3v) is 2.27. The second-order valence-electron chi connectivity index (χ2n) is 5.37. The Morgan fingerprint density at radius 2 is 1.71 bits per heavy atom. The van der Waals surface area contributed by atoms with E-state index in [-0.39, 0.29) is 16.7 Å². The van der Waals surface area contributed by atoms with Gasteiger partial charge in [-0.1, -0.05) is 20.8 Å². The maximum absolute atomic E-state index is 13.7. The van der Waals surface area contributed by atoms with Crippen LogP contribution in [0, 0.1) is 17.0 Å². The fourth-order valence-electron chi connectivity index (χ4n) is 1.81. The van der Waals surface area contributed by atoms with Gasteiger partial charge in [0, 0.05) is 19.2 Å². The van der Waals surface area contributed by atoms with Crippen molar-refractivity contribution < 1.29 is 13.6 Å². The summed E-state index contributed by atoms with van der Waals surface area (Å²) in [6, 6.07) is 2.09. The Morgan fingerprint density at radius 3 is 2.06 bits per heavy atom. The third-order valence-electron chi connectivity index (χ3n) is 2.27. The molecule has 0 fully saturated rings. The molecule has 0 aliphatic carbocycles. The highest BCUT2D eigenvalue weighted by atomic mass is 19.1. The highest BCUT2D eigenvalue weighted by molar-refractivity contribution is 5.76. The van der Waals surface area contributed by atoms with Crippen molar-refractivity contribution in [2.24, 2.45) is 5.41 Å². The molecule has 0 saturated heterocycles. The topological polar surface area (TPSA) is 20.3 Å². The SMILES string of the molecule is CN(CC(C)(C)C)c1c(F)cc(C=O)cc1F. The number of hydrogen-bond acceptors (Lipinski definition) is 2. The Bertz CT molecular complexity index is 401. The quantitative estimate of drug-likeness (QED) is 0.757. The molecule has 0 aromatic heterocycles. The molecule has 0 heterocycles. The van der Waals surface area contributed by atoms with Crippen LogP contribution in [0.1, 0.15) is 31.1 Å². The number of halogens is 2. The van der Waals surface area contributed by atoms with Crippen molar-refractivity contribution in [3.8, 4) is 0 Å². The van der Waals surface area contributed by atoms with E-state index in [9.17, 15) is 13.6 Å². The van der Waals surface area contributed by atoms with E-state index in [0.717, 1.165) is 12.1 Å². The Balaban J connectivity index is 3.10. The summed E-state index contributed by atoms with van der Waals surface area (Å²) < 4.78 is 27.4. The summed E-state index contributed by atoms with van der Waals surface area (Å²) in [5, 5.41) is 0. The fraction of sp³-hybridized carbons (Fsp3) is 0.462. The summed E-state index contributed by atoms with van der Waals surface area (Å²) in [4.78, 5) is 12.0. The van der Waals surface area contributed by atoms with Crippen LogP contribution >= 0.6 is 0 Å². The molecular weight excluding hydrogens is 224 g/mol. The molecule has 0 atom stereocenters. The molecule has 1 aromatic carbocycles. The average molecular weight is 241 g/mol. The number of nitrogens with zero attached hydrogens (tertiary/aromatic N) is 1. The van der Waals surface area contributed by atoms with Crippen molar-refractivity contribution in [2.45, 2.75) is 20.8 Å². The smallest absolute Gasteiger partial charge is 0.150 e. The molecule has 0 N–H and O–H groups in total. The van der Waals surface area contributed by atoms with Crippen molar-refractivity contribution in [1.29, 1.82) is 0 Å². The molecule has 0 radical (unpaired) electrons. The van der Waals surface area contributed by atoms with Gasteiger partial charge in [-0.2, -0.15) is 0 Å². The Labute approximate surface area is 100 Å². The van der Waals surface area contributed by atoms with E-state index in [2.05, 4.69) is 0 Å². The Kier molecular flexibility index (Phi) is 3.86. The molecule has 0 amide bonds. The normalized spacial score (nSPS) is 11.4. The minimum atomic E-state index is -0.709. The van der Waals surface area contributed by atoms with Gasteiger partial charge >= 0.3 is 0 Å². The van der Waals surface area contributed by atoms with Crippen LogP contribution < -0.4 is 4.90 Å². The van der Waals surface area contributed by atoms with Gasteiger partial charge in [0.2, 0.25) is 0 Å². The van der Waals surface area contributed by atoms with E-state index in [4.69, 9.17) is 0 Å². The van der Waals surface area contributed by atoms with Crippen molar-refractivity contribution in [2.75, 3.05) is 18.5 Å². The molecule has 1 aromatic rings. The molecular formula is C13H17F2NO. The van der Waals surface area contributed by atoms with Crippen LogP contribution in [0.2, 0.25) is 0 Å². The molecule has 0 aliphatic rings. The van der Waals surface area contributed by atoms with Gasteiger partial charge in [-0.25, -0.2) is 8.78 Å². The zero-order chi connectivity index (χ0) is 13.2. The molecule has 1 rings (SSSR count). The lowest BCUT2D eigenvalue weighted by Crippen LogP contribution is -2.30. The van der Waals surface area contributed by atoms with E-state index in [1.165, 1.54) is 4.90 Å². The first-order valence-electron chi connectivity index (χ1n) is 5.40. The van der Waals surface area contributed by atoms with Gasteiger partial charge in [0.15, 0.2) is 0 Å². The lowest BCUT2D eigenvalue weighted by Gasteiger charge is -2.28. The molecule has 94 valence electrons. The summed E-state index contributed by atoms with van der Waals surface area (Å²) in [5.74, 6) is -1.42. The van der Waals surface area contributed by atoms with Gasteiger partial charge < -0.3 is 4.90 Å². The van der Waals surface area contributed by atoms with E-state index >= 15 is 0 Å². The lowest BCUT2D eigenvalue weighted by atomic mass is 9.96. The minimum absolute atomic E-state index is 0.00732. The van der Waals surface area contributed by atoms with E-state index in [0.29, 0.717) is 12.8 Å². The molecule has 0 unspecified atom stereocenters. The molecule has 0 bridgehead atoms. The fourth-order valence-corrected chi connectivity index (χ4v) is 1.81. The Morgan fingerprint density at radius 1 is 1.24 bits per heavy atom. The number of benzene rings is 1. The number of anilines is 1. The molecule has 0 saturated carbocycles. The summed E-state index contributed by atoms with van der Waals surface area (Å²) in [5.41, 5.74) is -0.157. The van der Waals surface area contributed by atoms with Crippen LogP contribution in [0.15, 0.2) is 12.1 Å². The van der Waals surface area contributed by atoms with Crippen LogP contribution in [0.5, 0.6) is 0 Å². The maximum Gasteiger partial charge on any atom is 0.150 e. The summed E-state index contributed by atoms with van der Waals surface area (Å²) >= 11 is 0. The highest BCUT2D eigenvalue weighted by Crippen LogP contribution is 2.26. The second-order valence-corrected chi connectivity index (χ2v) is 5.37. The van der Waals surface area contributed by atoms with E-state index in [1.54, 1.807) is 7.05 Å². The van der Waals surface area contributed by atoms with Gasteiger partial charge in [-0.15, -0.1) is 0 Å². The van der Waals surface area contributed by atoms with Crippen LogP contribution in [-0.4, -0.2) is 19.9 Å². The van der Waals surface area contributed by atoms with Crippen LogP contribution in [-0.2, 0) is 0 Å². The van der Waals surface area contributed by atoms with Gasteiger partial charge in [0.25, 0.3) is 0 Å². The molecule has 0 spiro atoms. The van der Waals surface area contributed by atoms with E-state index < -0.39 is 11.6 Å². The summed E-state index contributed by atoms with van der Waals surface area (Å²) in [6.07, 6.45) is 0.430. The lowest BCUT2D eigenvalue weighted by molar-refractivity contribution is 0.112. The van der Waals surface area contributed by atoms with Gasteiger partial charge in [0.1, 0.15) is 23.6 Å². The zero-order valence-corrected chi connectivity index (χ0v) is 10.6. The number of hydrogen-bond donors (Lipinski definition) is 0. The first-order chi connectivity index (χ1) is 7.74. The number of carbonyl (C=O) groups is 1. The Hall–Kier alpha value is -1.45. The molecule has 17 heavy (non-hydrogen) atoms. The third kappa shape index (κ3) is 3.51. The van der Waals surface area contributed by atoms with Crippen molar-refractivity contribution in [3.05, 3.63) is 29.3 Å². The van der Waals surface area contributed by atoms with Crippen molar-refractivity contribution in [1.82, 2.24) is 0 Å². The van der Waals surface area contributed by atoms with Gasteiger partial charge in [-0.3, -0.25) is 4.79 Å². The molecule has 4 heteroatoms. The van der Waals surface area contributed by atoms with Crippen LogP contribution in [0.3, 0.4) is 0 Å². The average Bonchev–Trinajstić information content (AvgIpc) is 2.13. The summed E-state index contributed by atoms with van der Waals surface area (Å²) in [6.45, 7) is 6.47. The molecule has 0 aliphatic heterocycles.